The van der Waals surface area contributed by atoms with Gasteiger partial charge in [-0.05, 0) is 52.9 Å². The number of halogens is 2. The second-order valence-corrected chi connectivity index (χ2v) is 11.9. The molecule has 0 aliphatic heterocycles. The van der Waals surface area contributed by atoms with Crippen LogP contribution in [-0.2, 0) is 0 Å². The summed E-state index contributed by atoms with van der Waals surface area (Å²) >= 11 is 3.23. The Kier molecular flexibility index (Phi) is 7.83. The number of anilines is 2. The summed E-state index contributed by atoms with van der Waals surface area (Å²) in [5.74, 6) is 6.33. The number of amides is 1. The van der Waals surface area contributed by atoms with Crippen molar-refractivity contribution >= 4 is 74.9 Å². The molecule has 3 aromatic rings. The van der Waals surface area contributed by atoms with Gasteiger partial charge in [-0.1, -0.05) is 11.3 Å². The molecular formula is C18H20AlFIN3OS. The van der Waals surface area contributed by atoms with Gasteiger partial charge in [-0.25, -0.2) is 9.37 Å². The van der Waals surface area contributed by atoms with Crippen LogP contribution < -0.4 is 10.6 Å². The summed E-state index contributed by atoms with van der Waals surface area (Å²) in [7, 11) is 1.57. The number of benzene rings is 1. The Labute approximate surface area is 174 Å². The lowest BCUT2D eigenvalue weighted by Gasteiger charge is -2.08. The third-order valence-electron chi connectivity index (χ3n) is 3.10. The van der Waals surface area contributed by atoms with E-state index < -0.39 is 0 Å². The van der Waals surface area contributed by atoms with E-state index in [-0.39, 0.29) is 25.9 Å². The normalized spacial score (nSPS) is 10.1. The Morgan fingerprint density at radius 3 is 2.58 bits per heavy atom. The first-order valence-corrected chi connectivity index (χ1v) is 13.5. The molecule has 8 heteroatoms. The van der Waals surface area contributed by atoms with Crippen molar-refractivity contribution < 1.29 is 9.18 Å². The van der Waals surface area contributed by atoms with Gasteiger partial charge in [0.05, 0.1) is 11.3 Å². The Hall–Kier alpha value is -1.21. The molecule has 4 nitrogen and oxygen atoms in total. The first-order chi connectivity index (χ1) is 12.3. The molecule has 2 aromatic heterocycles. The number of pyridine rings is 1. The molecule has 0 spiro atoms. The highest BCUT2D eigenvalue weighted by molar-refractivity contribution is 14.1. The fourth-order valence-corrected chi connectivity index (χ4v) is 3.59. The van der Waals surface area contributed by atoms with E-state index in [9.17, 15) is 9.18 Å². The average Bonchev–Trinajstić information content (AvgIpc) is 2.94. The van der Waals surface area contributed by atoms with Crippen molar-refractivity contribution in [2.75, 3.05) is 12.4 Å². The molecule has 1 amide bonds. The molecule has 0 saturated carbocycles. The first-order valence-electron chi connectivity index (χ1n) is 8.15. The summed E-state index contributed by atoms with van der Waals surface area (Å²) in [5, 5.41) is 6.95. The van der Waals surface area contributed by atoms with Crippen molar-refractivity contribution in [1.82, 2.24) is 10.3 Å². The van der Waals surface area contributed by atoms with Gasteiger partial charge in [-0.15, -0.1) is 17.4 Å². The predicted octanol–water partition coefficient (Wildman–Crippen LogP) is 5.51. The Bertz CT molecular complexity index is 914. The molecule has 0 bridgehead atoms. The van der Waals surface area contributed by atoms with Crippen molar-refractivity contribution in [3.8, 4) is 0 Å². The van der Waals surface area contributed by atoms with Gasteiger partial charge in [0.2, 0.25) is 0 Å². The maximum Gasteiger partial charge on any atom is 0.254 e. The number of hydrogen-bond acceptors (Lipinski definition) is 4. The topological polar surface area (TPSA) is 54.0 Å². The van der Waals surface area contributed by atoms with Crippen molar-refractivity contribution in [2.45, 2.75) is 17.4 Å². The molecule has 0 atom stereocenters. The molecule has 136 valence electrons. The van der Waals surface area contributed by atoms with Gasteiger partial charge in [0.25, 0.3) is 20.1 Å². The van der Waals surface area contributed by atoms with Crippen LogP contribution in [0.4, 0.5) is 15.1 Å². The van der Waals surface area contributed by atoms with Crippen molar-refractivity contribution in [3.05, 3.63) is 51.5 Å². The molecule has 0 saturated heterocycles. The minimum absolute atomic E-state index is 0.139. The molecule has 2 heterocycles. The van der Waals surface area contributed by atoms with Gasteiger partial charge in [0, 0.05) is 22.2 Å². The summed E-state index contributed by atoms with van der Waals surface area (Å²) in [6.45, 7) is 0. The molecule has 0 radical (unpaired) electrons. The molecule has 1 aromatic carbocycles. The number of hydrogen-bond donors (Lipinski definition) is 2. The van der Waals surface area contributed by atoms with E-state index in [1.165, 1.54) is 17.4 Å². The maximum atomic E-state index is 14.0. The van der Waals surface area contributed by atoms with E-state index >= 15 is 0 Å². The molecule has 2 N–H and O–H groups in total. The number of aromatic nitrogens is 1. The molecule has 3 rings (SSSR count). The lowest BCUT2D eigenvalue weighted by atomic mass is 10.2. The molecule has 0 aliphatic carbocycles. The lowest BCUT2D eigenvalue weighted by Crippen LogP contribution is -2.18. The van der Waals surface area contributed by atoms with E-state index in [2.05, 4.69) is 33.0 Å². The van der Waals surface area contributed by atoms with E-state index in [4.69, 9.17) is 0 Å². The zero-order valence-corrected chi connectivity index (χ0v) is 19.2. The second kappa shape index (κ2) is 9.65. The van der Waals surface area contributed by atoms with Gasteiger partial charge in [0.15, 0.2) is 0 Å². The minimum atomic E-state index is -0.361. The van der Waals surface area contributed by atoms with Crippen molar-refractivity contribution in [1.29, 1.82) is 0 Å². The predicted molar refractivity (Wildman–Crippen MR) is 119 cm³/mol. The maximum absolute atomic E-state index is 14.0. The number of thiophene rings is 1. The van der Waals surface area contributed by atoms with E-state index in [0.29, 0.717) is 16.3 Å². The summed E-state index contributed by atoms with van der Waals surface area (Å²) in [6, 6.07) is 8.50. The highest BCUT2D eigenvalue weighted by Gasteiger charge is 2.19. The van der Waals surface area contributed by atoms with Crippen LogP contribution in [0.2, 0.25) is 17.4 Å². The summed E-state index contributed by atoms with van der Waals surface area (Å²) in [4.78, 5) is 17.2. The Morgan fingerprint density at radius 1 is 1.27 bits per heavy atom. The van der Waals surface area contributed by atoms with Crippen LogP contribution in [0.25, 0.3) is 10.2 Å². The van der Waals surface area contributed by atoms with E-state index in [0.717, 1.165) is 13.8 Å². The molecule has 0 aliphatic rings. The lowest BCUT2D eigenvalue weighted by molar-refractivity contribution is 0.0966. The fraction of sp³-hybridized carbons (Fsp3) is 0.222. The van der Waals surface area contributed by atoms with Crippen LogP contribution in [0.3, 0.4) is 0 Å². The quantitative estimate of drug-likeness (QED) is 0.369. The van der Waals surface area contributed by atoms with E-state index in [1.54, 1.807) is 31.4 Å². The zero-order valence-electron chi connectivity index (χ0n) is 15.1. The van der Waals surface area contributed by atoms with Gasteiger partial charge < -0.3 is 10.6 Å². The molecule has 26 heavy (non-hydrogen) atoms. The highest BCUT2D eigenvalue weighted by Crippen LogP contribution is 2.36. The second-order valence-electron chi connectivity index (χ2n) is 6.22. The van der Waals surface area contributed by atoms with Crippen LogP contribution in [-0.4, -0.2) is 32.1 Å². The van der Waals surface area contributed by atoms with E-state index in [1.807, 2.05) is 28.7 Å². The molecule has 0 fully saturated rings. The monoisotopic (exact) mass is 499 g/mol. The van der Waals surface area contributed by atoms with Gasteiger partial charge >= 0.3 is 0 Å². The van der Waals surface area contributed by atoms with Gasteiger partial charge in [-0.2, -0.15) is 0 Å². The minimum Gasteiger partial charge on any atom is -0.355 e. The standard InChI is InChI=1S/C15H11FIN3OS.3CH3.Al/c1-18-13(21)12-9-3-2-6-19-14(9)22-15(12)20-11-5-4-8(17)7-10(11)16;;;;/h2-7,20H,1H3,(H,18,21);3*1H3;. The SMILES string of the molecule is CNC(=O)c1c(Nc2ccc(I)cc2F)sc2ncccc12.[CH3][Al]([CH3])[CH3]. The first kappa shape index (κ1) is 21.1. The zero-order chi connectivity index (χ0) is 19.3. The third kappa shape index (κ3) is 5.40. The smallest absolute Gasteiger partial charge is 0.254 e. The highest BCUT2D eigenvalue weighted by atomic mass is 127. The van der Waals surface area contributed by atoms with Gasteiger partial charge in [-0.3, -0.25) is 4.79 Å². The number of carbonyl (C=O) groups is 1. The number of carbonyl (C=O) groups excluding carboxylic acids is 1. The summed E-state index contributed by atoms with van der Waals surface area (Å²) < 4.78 is 14.8. The van der Waals surface area contributed by atoms with Crippen LogP contribution >= 0.6 is 33.9 Å². The summed E-state index contributed by atoms with van der Waals surface area (Å²) in [5.41, 5.74) is 0.811. The Balaban J connectivity index is 0.000000552. The van der Waals surface area contributed by atoms with Crippen molar-refractivity contribution in [3.63, 3.8) is 0 Å². The molecular weight excluding hydrogens is 479 g/mol. The fourth-order valence-electron chi connectivity index (χ4n) is 2.08. The average molecular weight is 499 g/mol. The third-order valence-corrected chi connectivity index (χ3v) is 4.80. The molecule has 0 unspecified atom stereocenters. The van der Waals surface area contributed by atoms with Crippen LogP contribution in [0.5, 0.6) is 0 Å². The number of fused-ring (bicyclic) bond motifs is 1. The number of nitrogens with zero attached hydrogens (tertiary/aromatic N) is 1. The van der Waals surface area contributed by atoms with Crippen molar-refractivity contribution in [2.24, 2.45) is 0 Å². The number of nitrogens with one attached hydrogen (secondary N) is 2. The van der Waals surface area contributed by atoms with Crippen LogP contribution in [0.1, 0.15) is 10.4 Å². The van der Waals surface area contributed by atoms with Crippen LogP contribution in [0.15, 0.2) is 36.5 Å². The number of rotatable bonds is 3. The Morgan fingerprint density at radius 2 is 1.96 bits per heavy atom. The summed E-state index contributed by atoms with van der Waals surface area (Å²) in [6.07, 6.45) is 1.67. The largest absolute Gasteiger partial charge is 0.355 e. The van der Waals surface area contributed by atoms with Crippen LogP contribution in [0, 0.1) is 9.39 Å². The van der Waals surface area contributed by atoms with Gasteiger partial charge in [0.1, 0.15) is 15.6 Å².